The quantitative estimate of drug-likeness (QED) is 0.408. The number of aromatic nitrogens is 4. The topological polar surface area (TPSA) is 92.8 Å². The van der Waals surface area contributed by atoms with Gasteiger partial charge in [0, 0.05) is 18.5 Å². The van der Waals surface area contributed by atoms with Gasteiger partial charge in [0.1, 0.15) is 25.2 Å². The van der Waals surface area contributed by atoms with E-state index in [-0.39, 0.29) is 12.3 Å². The third-order valence-corrected chi connectivity index (χ3v) is 5.27. The van der Waals surface area contributed by atoms with Crippen molar-refractivity contribution in [2.24, 2.45) is 18.1 Å². The summed E-state index contributed by atoms with van der Waals surface area (Å²) in [5, 5.41) is 12.0. The van der Waals surface area contributed by atoms with Crippen molar-refractivity contribution in [1.82, 2.24) is 19.8 Å². The largest absolute Gasteiger partial charge is 0.496 e. The molecular weight excluding hydrogens is 398 g/mol. The van der Waals surface area contributed by atoms with E-state index in [1.54, 1.807) is 33.4 Å². The van der Waals surface area contributed by atoms with E-state index in [4.69, 9.17) is 14.3 Å². The first-order valence-electron chi connectivity index (χ1n) is 10.0. The first kappa shape index (κ1) is 20.6. The lowest BCUT2D eigenvalue weighted by Gasteiger charge is -2.16. The van der Waals surface area contributed by atoms with Crippen LogP contribution in [0.3, 0.4) is 0 Å². The molecule has 1 aliphatic rings. The van der Waals surface area contributed by atoms with Gasteiger partial charge >= 0.3 is 5.69 Å². The van der Waals surface area contributed by atoms with Crippen LogP contribution in [0.5, 0.6) is 11.5 Å². The zero-order chi connectivity index (χ0) is 22.0. The lowest BCUT2D eigenvalue weighted by atomic mass is 10.0. The summed E-state index contributed by atoms with van der Waals surface area (Å²) in [4.78, 5) is 17.4. The van der Waals surface area contributed by atoms with E-state index < -0.39 is 0 Å². The first-order chi connectivity index (χ1) is 15.0. The Hall–Kier alpha value is -3.62. The smallest absolute Gasteiger partial charge is 0.368 e. The molecule has 9 nitrogen and oxygen atoms in total. The molecule has 3 aromatic rings. The molecule has 0 aliphatic heterocycles. The van der Waals surface area contributed by atoms with Gasteiger partial charge in [-0.2, -0.15) is 9.36 Å². The molecule has 1 saturated carbocycles. The maximum absolute atomic E-state index is 12.4. The number of oxime groups is 1. The third kappa shape index (κ3) is 4.16. The number of rotatable bonds is 8. The van der Waals surface area contributed by atoms with Crippen LogP contribution >= 0.6 is 0 Å². The van der Waals surface area contributed by atoms with E-state index in [0.29, 0.717) is 22.9 Å². The van der Waals surface area contributed by atoms with Crippen LogP contribution in [0.4, 0.5) is 0 Å². The molecule has 9 heteroatoms. The SMILES string of the molecule is CON=C(c1ccc(OCc2c(OC)cccc2-n2nnn(C)c2=O)c(C)c1)C1CC1. The number of methoxy groups -OCH3 is 1. The molecule has 1 fully saturated rings. The summed E-state index contributed by atoms with van der Waals surface area (Å²) in [5.41, 5.74) is 3.92. The maximum Gasteiger partial charge on any atom is 0.368 e. The average Bonchev–Trinajstić information content (AvgIpc) is 3.56. The second-order valence-electron chi connectivity index (χ2n) is 7.46. The molecule has 2 aromatic carbocycles. The summed E-state index contributed by atoms with van der Waals surface area (Å²) in [6.45, 7) is 2.19. The third-order valence-electron chi connectivity index (χ3n) is 5.27. The Labute approximate surface area is 179 Å². The predicted octanol–water partition coefficient (Wildman–Crippen LogP) is 2.62. The standard InChI is InChI=1S/C22H25N5O4/c1-14-12-16(21(23-30-4)15-8-9-15)10-11-19(14)31-13-17-18(6-5-7-20(17)29-3)27-22(28)26(2)24-25-27/h5-7,10-12,15H,8-9,13H2,1-4H3. The number of benzene rings is 2. The molecule has 162 valence electrons. The minimum Gasteiger partial charge on any atom is -0.496 e. The number of ether oxygens (including phenoxy) is 2. The fourth-order valence-corrected chi connectivity index (χ4v) is 3.49. The van der Waals surface area contributed by atoms with Crippen LogP contribution in [0.1, 0.15) is 29.5 Å². The molecule has 0 amide bonds. The highest BCUT2D eigenvalue weighted by atomic mass is 16.6. The summed E-state index contributed by atoms with van der Waals surface area (Å²) in [7, 11) is 4.70. The van der Waals surface area contributed by atoms with Crippen LogP contribution in [0.15, 0.2) is 46.3 Å². The van der Waals surface area contributed by atoms with Gasteiger partial charge in [0.15, 0.2) is 0 Å². The van der Waals surface area contributed by atoms with E-state index in [1.807, 2.05) is 25.1 Å². The van der Waals surface area contributed by atoms with E-state index in [9.17, 15) is 4.79 Å². The number of hydrogen-bond donors (Lipinski definition) is 0. The average molecular weight is 423 g/mol. The summed E-state index contributed by atoms with van der Waals surface area (Å²) in [6, 6.07) is 11.4. The highest BCUT2D eigenvalue weighted by Crippen LogP contribution is 2.35. The maximum atomic E-state index is 12.4. The molecule has 0 saturated heterocycles. The molecule has 1 aromatic heterocycles. The summed E-state index contributed by atoms with van der Waals surface area (Å²) in [6.07, 6.45) is 2.27. The second-order valence-corrected chi connectivity index (χ2v) is 7.46. The molecule has 31 heavy (non-hydrogen) atoms. The zero-order valence-electron chi connectivity index (χ0n) is 18.0. The monoisotopic (exact) mass is 423 g/mol. The van der Waals surface area contributed by atoms with Gasteiger partial charge in [-0.1, -0.05) is 11.2 Å². The van der Waals surface area contributed by atoms with Gasteiger partial charge in [-0.15, -0.1) is 0 Å². The second kappa shape index (κ2) is 8.63. The molecule has 0 radical (unpaired) electrons. The van der Waals surface area contributed by atoms with E-state index in [0.717, 1.165) is 35.4 Å². The summed E-state index contributed by atoms with van der Waals surface area (Å²) < 4.78 is 14.0. The molecule has 4 rings (SSSR count). The van der Waals surface area contributed by atoms with Gasteiger partial charge in [-0.25, -0.2) is 4.79 Å². The van der Waals surface area contributed by atoms with Gasteiger partial charge in [0.25, 0.3) is 0 Å². The van der Waals surface area contributed by atoms with Crippen LogP contribution in [-0.2, 0) is 18.5 Å². The zero-order valence-corrected chi connectivity index (χ0v) is 18.0. The molecule has 0 N–H and O–H groups in total. The molecule has 0 bridgehead atoms. The van der Waals surface area contributed by atoms with Crippen molar-refractivity contribution >= 4 is 5.71 Å². The molecule has 1 aliphatic carbocycles. The number of nitrogens with zero attached hydrogens (tertiary/aromatic N) is 5. The Morgan fingerprint density at radius 2 is 1.97 bits per heavy atom. The van der Waals surface area contributed by atoms with Crippen molar-refractivity contribution in [3.8, 4) is 17.2 Å². The molecule has 0 spiro atoms. The van der Waals surface area contributed by atoms with Crippen LogP contribution in [0.25, 0.3) is 5.69 Å². The fraction of sp³-hybridized carbons (Fsp3) is 0.364. The minimum atomic E-state index is -0.347. The van der Waals surface area contributed by atoms with Crippen LogP contribution in [-0.4, -0.2) is 39.7 Å². The number of hydrogen-bond acceptors (Lipinski definition) is 7. The molecule has 0 atom stereocenters. The Balaban J connectivity index is 1.62. The molecule has 1 heterocycles. The van der Waals surface area contributed by atoms with Crippen LogP contribution < -0.4 is 15.2 Å². The fourth-order valence-electron chi connectivity index (χ4n) is 3.49. The Bertz CT molecular complexity index is 1180. The lowest BCUT2D eigenvalue weighted by molar-refractivity contribution is 0.212. The first-order valence-corrected chi connectivity index (χ1v) is 10.0. The van der Waals surface area contributed by atoms with Crippen molar-refractivity contribution < 1.29 is 14.3 Å². The Kier molecular flexibility index (Phi) is 5.75. The van der Waals surface area contributed by atoms with Gasteiger partial charge < -0.3 is 14.3 Å². The highest BCUT2D eigenvalue weighted by molar-refractivity contribution is 6.03. The van der Waals surface area contributed by atoms with Crippen molar-refractivity contribution in [3.63, 3.8) is 0 Å². The van der Waals surface area contributed by atoms with E-state index in [1.165, 1.54) is 9.36 Å². The van der Waals surface area contributed by atoms with Crippen molar-refractivity contribution in [2.45, 2.75) is 26.4 Å². The molecular formula is C22H25N5O4. The van der Waals surface area contributed by atoms with Crippen molar-refractivity contribution in [1.29, 1.82) is 0 Å². The van der Waals surface area contributed by atoms with Crippen molar-refractivity contribution in [3.05, 3.63) is 63.6 Å². The Morgan fingerprint density at radius 3 is 2.58 bits per heavy atom. The Morgan fingerprint density at radius 1 is 1.16 bits per heavy atom. The predicted molar refractivity (Wildman–Crippen MR) is 115 cm³/mol. The van der Waals surface area contributed by atoms with Gasteiger partial charge in [-0.05, 0) is 66.1 Å². The normalized spacial score (nSPS) is 13.9. The molecule has 0 unspecified atom stereocenters. The van der Waals surface area contributed by atoms with Crippen LogP contribution in [0, 0.1) is 12.8 Å². The number of tetrazole rings is 1. The van der Waals surface area contributed by atoms with Gasteiger partial charge in [0.2, 0.25) is 0 Å². The minimum absolute atomic E-state index is 0.199. The summed E-state index contributed by atoms with van der Waals surface area (Å²) >= 11 is 0. The lowest BCUT2D eigenvalue weighted by Crippen LogP contribution is -2.23. The van der Waals surface area contributed by atoms with Crippen LogP contribution in [0.2, 0.25) is 0 Å². The van der Waals surface area contributed by atoms with Gasteiger partial charge in [0.05, 0.1) is 24.1 Å². The van der Waals surface area contributed by atoms with E-state index >= 15 is 0 Å². The number of aryl methyl sites for hydroxylation is 2. The van der Waals surface area contributed by atoms with Gasteiger partial charge in [-0.3, -0.25) is 0 Å². The van der Waals surface area contributed by atoms with Crippen molar-refractivity contribution in [2.75, 3.05) is 14.2 Å². The highest BCUT2D eigenvalue weighted by Gasteiger charge is 2.29. The summed E-state index contributed by atoms with van der Waals surface area (Å²) in [5.74, 6) is 1.81. The van der Waals surface area contributed by atoms with E-state index in [2.05, 4.69) is 21.6 Å².